The second-order valence-electron chi connectivity index (χ2n) is 3.78. The fourth-order valence-corrected chi connectivity index (χ4v) is 2.61. The van der Waals surface area contributed by atoms with Gasteiger partial charge in [-0.3, -0.25) is 4.79 Å². The minimum Gasteiger partial charge on any atom is -0.492 e. The van der Waals surface area contributed by atoms with Crippen molar-refractivity contribution in [2.24, 2.45) is 0 Å². The number of rotatable bonds is 6. The van der Waals surface area contributed by atoms with Gasteiger partial charge in [-0.1, -0.05) is 5.16 Å². The van der Waals surface area contributed by atoms with Crippen molar-refractivity contribution in [1.82, 2.24) is 10.1 Å². The molecule has 0 aliphatic carbocycles. The number of thiophene rings is 1. The van der Waals surface area contributed by atoms with Gasteiger partial charge < -0.3 is 20.3 Å². The molecule has 0 amide bonds. The van der Waals surface area contributed by atoms with Gasteiger partial charge in [0.05, 0.1) is 17.7 Å². The third-order valence-electron chi connectivity index (χ3n) is 2.45. The minimum atomic E-state index is -0.0780. The Labute approximate surface area is 113 Å². The Bertz CT molecular complexity index is 565. The molecule has 19 heavy (non-hydrogen) atoms. The first-order valence-electron chi connectivity index (χ1n) is 5.60. The summed E-state index contributed by atoms with van der Waals surface area (Å²) in [6.45, 7) is 2.06. The maximum atomic E-state index is 11.4. The van der Waals surface area contributed by atoms with Crippen LogP contribution < -0.4 is 15.8 Å². The molecule has 2 aromatic heterocycles. The van der Waals surface area contributed by atoms with Crippen molar-refractivity contribution in [3.05, 3.63) is 17.1 Å². The Morgan fingerprint density at radius 3 is 3.00 bits per heavy atom. The van der Waals surface area contributed by atoms with Crippen LogP contribution in [0.25, 0.3) is 0 Å². The van der Waals surface area contributed by atoms with Crippen LogP contribution in [0.5, 0.6) is 5.75 Å². The van der Waals surface area contributed by atoms with Crippen LogP contribution >= 0.6 is 11.3 Å². The molecule has 0 fully saturated rings. The number of methoxy groups -OCH3 is 1. The Kier molecular flexibility index (Phi) is 4.00. The SMILES string of the molecule is COc1c(NCCc2ncno2)sc(C(C)=O)c1N. The second kappa shape index (κ2) is 5.70. The zero-order valence-corrected chi connectivity index (χ0v) is 11.4. The number of hydrogen-bond donors (Lipinski definition) is 2. The van der Waals surface area contributed by atoms with Gasteiger partial charge in [-0.25, -0.2) is 0 Å². The first-order valence-corrected chi connectivity index (χ1v) is 6.41. The molecule has 0 aliphatic rings. The summed E-state index contributed by atoms with van der Waals surface area (Å²) in [4.78, 5) is 15.8. The third kappa shape index (κ3) is 2.84. The van der Waals surface area contributed by atoms with E-state index in [-0.39, 0.29) is 5.78 Å². The summed E-state index contributed by atoms with van der Waals surface area (Å²) in [5.41, 5.74) is 6.24. The van der Waals surface area contributed by atoms with E-state index in [9.17, 15) is 4.79 Å². The van der Waals surface area contributed by atoms with Gasteiger partial charge >= 0.3 is 0 Å². The second-order valence-corrected chi connectivity index (χ2v) is 4.80. The van der Waals surface area contributed by atoms with Crippen LogP contribution in [0.4, 0.5) is 10.7 Å². The molecule has 8 heteroatoms. The van der Waals surface area contributed by atoms with Crippen molar-refractivity contribution in [3.8, 4) is 5.75 Å². The lowest BCUT2D eigenvalue weighted by Crippen LogP contribution is -2.05. The fourth-order valence-electron chi connectivity index (χ4n) is 1.60. The van der Waals surface area contributed by atoms with E-state index in [2.05, 4.69) is 15.5 Å². The summed E-state index contributed by atoms with van der Waals surface area (Å²) in [7, 11) is 1.52. The van der Waals surface area contributed by atoms with Crippen LogP contribution in [0.1, 0.15) is 22.5 Å². The van der Waals surface area contributed by atoms with Gasteiger partial charge in [-0.05, 0) is 0 Å². The molecule has 0 bridgehead atoms. The summed E-state index contributed by atoms with van der Waals surface area (Å²) < 4.78 is 10.1. The molecule has 0 aromatic carbocycles. The van der Waals surface area contributed by atoms with Gasteiger partial charge in [0, 0.05) is 19.9 Å². The first-order chi connectivity index (χ1) is 9.13. The summed E-state index contributed by atoms with van der Waals surface area (Å²) in [6, 6.07) is 0. The van der Waals surface area contributed by atoms with Crippen LogP contribution in [0, 0.1) is 0 Å². The van der Waals surface area contributed by atoms with E-state index in [0.717, 1.165) is 5.00 Å². The van der Waals surface area contributed by atoms with Crippen molar-refractivity contribution in [3.63, 3.8) is 0 Å². The molecule has 3 N–H and O–H groups in total. The van der Waals surface area contributed by atoms with Crippen molar-refractivity contribution in [2.45, 2.75) is 13.3 Å². The number of hydrogen-bond acceptors (Lipinski definition) is 8. The highest BCUT2D eigenvalue weighted by Crippen LogP contribution is 2.42. The summed E-state index contributed by atoms with van der Waals surface area (Å²) >= 11 is 1.28. The highest BCUT2D eigenvalue weighted by Gasteiger charge is 2.19. The standard InChI is InChI=1S/C11H14N4O3S/c1-6(16)10-8(12)9(17-2)11(19-10)13-4-3-7-14-5-15-18-7/h5,13H,3-4,12H2,1-2H3. The zero-order valence-electron chi connectivity index (χ0n) is 10.6. The molecule has 2 rings (SSSR count). The fraction of sp³-hybridized carbons (Fsp3) is 0.364. The molecule has 0 aliphatic heterocycles. The van der Waals surface area contributed by atoms with Gasteiger partial charge in [0.15, 0.2) is 17.9 Å². The van der Waals surface area contributed by atoms with Crippen LogP contribution in [-0.4, -0.2) is 29.6 Å². The normalized spacial score (nSPS) is 10.4. The van der Waals surface area contributed by atoms with E-state index >= 15 is 0 Å². The molecule has 2 heterocycles. The zero-order chi connectivity index (χ0) is 13.8. The van der Waals surface area contributed by atoms with Gasteiger partial charge in [-0.15, -0.1) is 11.3 Å². The predicted molar refractivity (Wildman–Crippen MR) is 71.8 cm³/mol. The molecule has 102 valence electrons. The third-order valence-corrected chi connectivity index (χ3v) is 3.70. The maximum absolute atomic E-state index is 11.4. The number of Topliss-reactive ketones (excluding diaryl/α,β-unsaturated/α-hetero) is 1. The van der Waals surface area contributed by atoms with Crippen LogP contribution in [0.15, 0.2) is 10.9 Å². The van der Waals surface area contributed by atoms with Gasteiger partial charge in [-0.2, -0.15) is 4.98 Å². The molecule has 0 atom stereocenters. The average Bonchev–Trinajstić information content (AvgIpc) is 2.97. The molecular weight excluding hydrogens is 268 g/mol. The quantitative estimate of drug-likeness (QED) is 0.775. The van der Waals surface area contributed by atoms with Gasteiger partial charge in [0.1, 0.15) is 5.00 Å². The molecule has 0 spiro atoms. The average molecular weight is 282 g/mol. The van der Waals surface area contributed by atoms with E-state index in [1.165, 1.54) is 31.7 Å². The van der Waals surface area contributed by atoms with Crippen molar-refractivity contribution in [1.29, 1.82) is 0 Å². The van der Waals surface area contributed by atoms with Crippen molar-refractivity contribution >= 4 is 27.8 Å². The number of nitrogens with one attached hydrogen (secondary N) is 1. The Morgan fingerprint density at radius 1 is 1.63 bits per heavy atom. The lowest BCUT2D eigenvalue weighted by atomic mass is 10.3. The number of carbonyl (C=O) groups is 1. The monoisotopic (exact) mass is 282 g/mol. The molecule has 2 aromatic rings. The topological polar surface area (TPSA) is 103 Å². The first kappa shape index (κ1) is 13.3. The molecule has 7 nitrogen and oxygen atoms in total. The lowest BCUT2D eigenvalue weighted by molar-refractivity contribution is 0.102. The van der Waals surface area contributed by atoms with Crippen LogP contribution in [0.3, 0.4) is 0 Å². The molecule has 0 saturated heterocycles. The summed E-state index contributed by atoms with van der Waals surface area (Å²) in [5.74, 6) is 0.967. The van der Waals surface area contributed by atoms with Crippen LogP contribution in [0.2, 0.25) is 0 Å². The van der Waals surface area contributed by atoms with Gasteiger partial charge in [0.2, 0.25) is 5.89 Å². The smallest absolute Gasteiger partial charge is 0.228 e. The number of nitrogens with two attached hydrogens (primary N) is 1. The minimum absolute atomic E-state index is 0.0780. The van der Waals surface area contributed by atoms with E-state index in [4.69, 9.17) is 15.0 Å². The summed E-state index contributed by atoms with van der Waals surface area (Å²) in [6.07, 6.45) is 1.93. The Hall–Kier alpha value is -2.09. The van der Waals surface area contributed by atoms with E-state index in [0.29, 0.717) is 35.2 Å². The van der Waals surface area contributed by atoms with Crippen molar-refractivity contribution in [2.75, 3.05) is 24.7 Å². The van der Waals surface area contributed by atoms with Gasteiger partial charge in [0.25, 0.3) is 0 Å². The largest absolute Gasteiger partial charge is 0.492 e. The number of ketones is 1. The highest BCUT2D eigenvalue weighted by molar-refractivity contribution is 7.19. The van der Waals surface area contributed by atoms with E-state index < -0.39 is 0 Å². The molecule has 0 unspecified atom stereocenters. The Balaban J connectivity index is 2.07. The highest BCUT2D eigenvalue weighted by atomic mass is 32.1. The number of anilines is 2. The van der Waals surface area contributed by atoms with E-state index in [1.807, 2.05) is 0 Å². The number of ether oxygens (including phenoxy) is 1. The van der Waals surface area contributed by atoms with E-state index in [1.54, 1.807) is 0 Å². The van der Waals surface area contributed by atoms with Crippen LogP contribution in [-0.2, 0) is 6.42 Å². The predicted octanol–water partition coefficient (Wildman–Crippen LogP) is 1.58. The number of aromatic nitrogens is 2. The number of nitrogen functional groups attached to an aromatic ring is 1. The van der Waals surface area contributed by atoms with Crippen molar-refractivity contribution < 1.29 is 14.1 Å². The summed E-state index contributed by atoms with van der Waals surface area (Å²) in [5, 5.41) is 7.40. The molecular formula is C11H14N4O3S. The maximum Gasteiger partial charge on any atom is 0.228 e. The Morgan fingerprint density at radius 2 is 2.42 bits per heavy atom. The molecule has 0 saturated carbocycles. The number of nitrogens with zero attached hydrogens (tertiary/aromatic N) is 2. The molecule has 0 radical (unpaired) electrons. The lowest BCUT2D eigenvalue weighted by Gasteiger charge is -2.05. The number of carbonyl (C=O) groups excluding carboxylic acids is 1.